The fourth-order valence-electron chi connectivity index (χ4n) is 2.51. The Balaban J connectivity index is 1.98. The van der Waals surface area contributed by atoms with Crippen molar-refractivity contribution in [2.45, 2.75) is 26.2 Å². The monoisotopic (exact) mass is 378 g/mol. The predicted molar refractivity (Wildman–Crippen MR) is 105 cm³/mol. The molecule has 1 atom stereocenters. The molecule has 0 heterocycles. The van der Waals surface area contributed by atoms with Gasteiger partial charge in [-0.2, -0.15) is 0 Å². The van der Waals surface area contributed by atoms with Crippen molar-refractivity contribution >= 4 is 11.6 Å². The van der Waals surface area contributed by atoms with Crippen LogP contribution in [-0.2, 0) is 13.2 Å². The maximum absolute atomic E-state index is 9.24. The Morgan fingerprint density at radius 3 is 2.54 bits per heavy atom. The summed E-state index contributed by atoms with van der Waals surface area (Å²) in [6, 6.07) is 13.6. The number of aliphatic hydroxyl groups excluding tert-OH is 1. The molecule has 0 fully saturated rings. The summed E-state index contributed by atoms with van der Waals surface area (Å²) >= 11 is 6.21. The number of rotatable bonds is 11. The van der Waals surface area contributed by atoms with Gasteiger partial charge < -0.3 is 25.2 Å². The Kier molecular flexibility index (Phi) is 8.71. The summed E-state index contributed by atoms with van der Waals surface area (Å²) in [5.74, 6) is 1.32. The van der Waals surface area contributed by atoms with E-state index in [-0.39, 0.29) is 6.10 Å². The maximum Gasteiger partial charge on any atom is 0.166 e. The summed E-state index contributed by atoms with van der Waals surface area (Å²) in [5, 5.41) is 16.4. The average molecular weight is 379 g/mol. The smallest absolute Gasteiger partial charge is 0.166 e. The van der Waals surface area contributed by atoms with E-state index in [4.69, 9.17) is 21.1 Å². The number of hydrogen-bond acceptors (Lipinski definition) is 5. The Morgan fingerprint density at radius 2 is 1.85 bits per heavy atom. The molecule has 2 aromatic rings. The molecule has 0 aliphatic heterocycles. The number of methoxy groups -OCH3 is 1. The van der Waals surface area contributed by atoms with Crippen LogP contribution in [0.4, 0.5) is 0 Å². The largest absolute Gasteiger partial charge is 0.493 e. The number of hydrogen-bond donors (Lipinski definition) is 3. The fraction of sp³-hybridized carbons (Fsp3) is 0.400. The SMILES string of the molecule is COc1cc(Cl)cc(CNCCNCC(C)O)c1OCc1ccccc1. The Labute approximate surface area is 160 Å². The van der Waals surface area contributed by atoms with Crippen LogP contribution < -0.4 is 20.1 Å². The molecule has 3 N–H and O–H groups in total. The second-order valence-electron chi connectivity index (χ2n) is 6.10. The van der Waals surface area contributed by atoms with Crippen molar-refractivity contribution in [2.24, 2.45) is 0 Å². The highest BCUT2D eigenvalue weighted by Crippen LogP contribution is 2.35. The molecule has 0 radical (unpaired) electrons. The van der Waals surface area contributed by atoms with Crippen molar-refractivity contribution in [3.63, 3.8) is 0 Å². The van der Waals surface area contributed by atoms with E-state index in [9.17, 15) is 5.11 Å². The average Bonchev–Trinajstić information content (AvgIpc) is 2.63. The first-order chi connectivity index (χ1) is 12.6. The van der Waals surface area contributed by atoms with Crippen molar-refractivity contribution in [2.75, 3.05) is 26.7 Å². The maximum atomic E-state index is 9.24. The van der Waals surface area contributed by atoms with Gasteiger partial charge in [-0.25, -0.2) is 0 Å². The summed E-state index contributed by atoms with van der Waals surface area (Å²) in [4.78, 5) is 0. The lowest BCUT2D eigenvalue weighted by Crippen LogP contribution is -2.31. The zero-order valence-corrected chi connectivity index (χ0v) is 16.1. The fourth-order valence-corrected chi connectivity index (χ4v) is 2.74. The molecule has 142 valence electrons. The highest BCUT2D eigenvalue weighted by molar-refractivity contribution is 6.30. The van der Waals surface area contributed by atoms with Crippen LogP contribution in [0, 0.1) is 0 Å². The van der Waals surface area contributed by atoms with Crippen molar-refractivity contribution in [1.82, 2.24) is 10.6 Å². The first kappa shape index (κ1) is 20.5. The molecule has 6 heteroatoms. The molecule has 5 nitrogen and oxygen atoms in total. The second kappa shape index (κ2) is 11.0. The molecule has 0 bridgehead atoms. The molecule has 2 rings (SSSR count). The molecule has 0 aliphatic rings. The number of halogens is 1. The van der Waals surface area contributed by atoms with Crippen LogP contribution in [0.2, 0.25) is 5.02 Å². The lowest BCUT2D eigenvalue weighted by molar-refractivity contribution is 0.191. The lowest BCUT2D eigenvalue weighted by atomic mass is 10.1. The van der Waals surface area contributed by atoms with Gasteiger partial charge in [-0.05, 0) is 18.6 Å². The Hall–Kier alpha value is -1.79. The summed E-state index contributed by atoms with van der Waals surface area (Å²) < 4.78 is 11.5. The van der Waals surface area contributed by atoms with E-state index in [1.807, 2.05) is 36.4 Å². The van der Waals surface area contributed by atoms with Gasteiger partial charge in [-0.15, -0.1) is 0 Å². The minimum atomic E-state index is -0.342. The standard InChI is InChI=1S/C20H27ClN2O3/c1-15(24)12-22-8-9-23-13-17-10-18(21)11-19(25-2)20(17)26-14-16-6-4-3-5-7-16/h3-7,10-11,15,22-24H,8-9,12-14H2,1-2H3. The first-order valence-electron chi connectivity index (χ1n) is 8.72. The number of benzene rings is 2. The van der Waals surface area contributed by atoms with E-state index in [1.54, 1.807) is 20.1 Å². The van der Waals surface area contributed by atoms with Crippen LogP contribution >= 0.6 is 11.6 Å². The van der Waals surface area contributed by atoms with Crippen LogP contribution in [0.5, 0.6) is 11.5 Å². The number of nitrogens with one attached hydrogen (secondary N) is 2. The van der Waals surface area contributed by atoms with Gasteiger partial charge in [0.15, 0.2) is 11.5 Å². The molecule has 0 amide bonds. The molecular formula is C20H27ClN2O3. The quantitative estimate of drug-likeness (QED) is 0.525. The van der Waals surface area contributed by atoms with Crippen molar-refractivity contribution in [1.29, 1.82) is 0 Å². The third-order valence-electron chi connectivity index (χ3n) is 3.78. The van der Waals surface area contributed by atoms with E-state index < -0.39 is 0 Å². The van der Waals surface area contributed by atoms with Gasteiger partial charge in [0.05, 0.1) is 13.2 Å². The molecule has 0 aliphatic carbocycles. The van der Waals surface area contributed by atoms with Gasteiger partial charge in [0.2, 0.25) is 0 Å². The molecule has 0 saturated heterocycles. The summed E-state index contributed by atoms with van der Waals surface area (Å²) in [6.07, 6.45) is -0.342. The highest BCUT2D eigenvalue weighted by Gasteiger charge is 2.13. The third-order valence-corrected chi connectivity index (χ3v) is 3.99. The van der Waals surface area contributed by atoms with E-state index >= 15 is 0 Å². The summed E-state index contributed by atoms with van der Waals surface area (Å²) in [5.41, 5.74) is 2.03. The van der Waals surface area contributed by atoms with Crippen LogP contribution in [0.25, 0.3) is 0 Å². The number of ether oxygens (including phenoxy) is 2. The van der Waals surface area contributed by atoms with Crippen LogP contribution in [0.15, 0.2) is 42.5 Å². The zero-order chi connectivity index (χ0) is 18.8. The van der Waals surface area contributed by atoms with Gasteiger partial charge in [0, 0.05) is 42.8 Å². The van der Waals surface area contributed by atoms with E-state index in [2.05, 4.69) is 10.6 Å². The lowest BCUT2D eigenvalue weighted by Gasteiger charge is -2.16. The zero-order valence-electron chi connectivity index (χ0n) is 15.3. The van der Waals surface area contributed by atoms with Crippen LogP contribution in [0.1, 0.15) is 18.1 Å². The summed E-state index contributed by atoms with van der Waals surface area (Å²) in [7, 11) is 1.61. The molecule has 26 heavy (non-hydrogen) atoms. The van der Waals surface area contributed by atoms with Gasteiger partial charge in [0.25, 0.3) is 0 Å². The van der Waals surface area contributed by atoms with Gasteiger partial charge in [-0.3, -0.25) is 0 Å². The normalized spacial score (nSPS) is 12.0. The van der Waals surface area contributed by atoms with Crippen molar-refractivity contribution < 1.29 is 14.6 Å². The van der Waals surface area contributed by atoms with Gasteiger partial charge >= 0.3 is 0 Å². The van der Waals surface area contributed by atoms with Gasteiger partial charge in [-0.1, -0.05) is 41.9 Å². The minimum Gasteiger partial charge on any atom is -0.493 e. The molecule has 2 aromatic carbocycles. The first-order valence-corrected chi connectivity index (χ1v) is 9.10. The Bertz CT molecular complexity index is 666. The molecule has 0 spiro atoms. The van der Waals surface area contributed by atoms with E-state index in [0.29, 0.717) is 36.2 Å². The number of aliphatic hydroxyl groups is 1. The van der Waals surface area contributed by atoms with E-state index in [0.717, 1.165) is 24.2 Å². The van der Waals surface area contributed by atoms with Crippen LogP contribution in [-0.4, -0.2) is 38.0 Å². The molecule has 0 aromatic heterocycles. The van der Waals surface area contributed by atoms with Crippen molar-refractivity contribution in [3.05, 3.63) is 58.6 Å². The third kappa shape index (κ3) is 6.84. The van der Waals surface area contributed by atoms with Crippen molar-refractivity contribution in [3.8, 4) is 11.5 Å². The Morgan fingerprint density at radius 1 is 1.12 bits per heavy atom. The summed E-state index contributed by atoms with van der Waals surface area (Å²) in [6.45, 7) is 4.94. The topological polar surface area (TPSA) is 62.8 Å². The van der Waals surface area contributed by atoms with Crippen LogP contribution in [0.3, 0.4) is 0 Å². The highest BCUT2D eigenvalue weighted by atomic mass is 35.5. The van der Waals surface area contributed by atoms with E-state index in [1.165, 1.54) is 0 Å². The van der Waals surface area contributed by atoms with Gasteiger partial charge in [0.1, 0.15) is 6.61 Å². The predicted octanol–water partition coefficient (Wildman–Crippen LogP) is 2.99. The minimum absolute atomic E-state index is 0.342. The molecular weight excluding hydrogens is 352 g/mol. The molecule has 1 unspecified atom stereocenters. The molecule has 0 saturated carbocycles. The second-order valence-corrected chi connectivity index (χ2v) is 6.54.